The molecule has 0 aliphatic heterocycles. The van der Waals surface area contributed by atoms with Crippen LogP contribution >= 0.6 is 17.0 Å². The van der Waals surface area contributed by atoms with E-state index in [1.54, 1.807) is 7.11 Å². The Morgan fingerprint density at radius 1 is 1.06 bits per heavy atom. The molecule has 3 nitrogen and oxygen atoms in total. The van der Waals surface area contributed by atoms with E-state index in [1.165, 1.54) is 64.2 Å². The summed E-state index contributed by atoms with van der Waals surface area (Å²) in [5.41, 5.74) is 2.15. The number of ether oxygens (including phenoxy) is 1. The average Bonchev–Trinajstić information content (AvgIpc) is 2.73. The molecule has 1 aromatic carbocycles. The number of nitrogens with zero attached hydrogens (tertiary/aromatic N) is 1. The molecule has 0 radical (unpaired) electrons. The van der Waals surface area contributed by atoms with Gasteiger partial charge in [-0.25, -0.2) is 0 Å². The molecule has 5 aliphatic rings. The summed E-state index contributed by atoms with van der Waals surface area (Å²) in [6.07, 6.45) is 15.0. The zero-order valence-corrected chi connectivity index (χ0v) is 22.7. The first-order valence-corrected chi connectivity index (χ1v) is 18.2. The van der Waals surface area contributed by atoms with Gasteiger partial charge in [-0.2, -0.15) is 0 Å². The van der Waals surface area contributed by atoms with Crippen molar-refractivity contribution < 1.29 is 30.7 Å². The molecule has 5 fully saturated rings. The Bertz CT molecular complexity index is 765. The molecule has 1 aromatic rings. The molecule has 5 saturated carbocycles. The third-order valence-corrected chi connectivity index (χ3v) is 8.43. The van der Waals surface area contributed by atoms with Crippen molar-refractivity contribution in [1.29, 1.82) is 0 Å². The fraction of sp³-hybridized carbons (Fsp3) is 0.720. The van der Waals surface area contributed by atoms with E-state index in [0.717, 1.165) is 34.6 Å². The molecule has 0 amide bonds. The maximum absolute atomic E-state index is 11.3. The number of rotatable bonds is 4. The van der Waals surface area contributed by atoms with Gasteiger partial charge in [0.05, 0.1) is 13.2 Å². The Hall–Kier alpha value is -0.0469. The Morgan fingerprint density at radius 2 is 1.65 bits per heavy atom. The molecular formula is C25H35Cl2NO2Zr. The first-order chi connectivity index (χ1) is 15.0. The van der Waals surface area contributed by atoms with Crippen LogP contribution in [-0.2, 0) is 26.3 Å². The standard InChI is InChI=1S/C25H35NO2.2ClH.Zr/c1-16-5-3-4-6-23(16)26-15-20-10-21(28-2)11-22(24(20)27)25-12-17-7-18(13-25)9-19(8-17)14-25;;;/h10-11,15-19,23,27H,3-9,12-14H2,1-2H3;2*1H;/q;;;+2/p-2. The summed E-state index contributed by atoms with van der Waals surface area (Å²) in [5, 5.41) is 11.3. The van der Waals surface area contributed by atoms with Crippen LogP contribution in [0.3, 0.4) is 0 Å². The molecule has 0 spiro atoms. The molecule has 6 rings (SSSR count). The van der Waals surface area contributed by atoms with E-state index >= 15 is 0 Å². The number of aromatic hydroxyl groups is 1. The second-order valence-electron chi connectivity index (χ2n) is 10.5. The number of benzene rings is 1. The van der Waals surface area contributed by atoms with Gasteiger partial charge >= 0.3 is 37.9 Å². The molecule has 6 heteroatoms. The monoisotopic (exact) mass is 541 g/mol. The molecule has 0 saturated heterocycles. The topological polar surface area (TPSA) is 41.8 Å². The molecule has 170 valence electrons. The van der Waals surface area contributed by atoms with Crippen molar-refractivity contribution in [2.75, 3.05) is 7.11 Å². The Balaban J connectivity index is 0.000000730. The van der Waals surface area contributed by atoms with Crippen molar-refractivity contribution in [3.05, 3.63) is 23.3 Å². The average molecular weight is 544 g/mol. The van der Waals surface area contributed by atoms with E-state index in [9.17, 15) is 5.11 Å². The van der Waals surface area contributed by atoms with Crippen LogP contribution < -0.4 is 4.74 Å². The van der Waals surface area contributed by atoms with Crippen LogP contribution in [0.15, 0.2) is 17.1 Å². The second kappa shape index (κ2) is 10.5. The van der Waals surface area contributed by atoms with E-state index in [-0.39, 0.29) is 5.41 Å². The van der Waals surface area contributed by atoms with Crippen molar-refractivity contribution in [2.45, 2.75) is 82.6 Å². The molecular weight excluding hydrogens is 508 g/mol. The summed E-state index contributed by atoms with van der Waals surface area (Å²) >= 11 is -0.826. The predicted molar refractivity (Wildman–Crippen MR) is 125 cm³/mol. The summed E-state index contributed by atoms with van der Waals surface area (Å²) in [7, 11) is 11.6. The van der Waals surface area contributed by atoms with Crippen LogP contribution in [-0.4, -0.2) is 24.5 Å². The molecule has 2 atom stereocenters. The summed E-state index contributed by atoms with van der Waals surface area (Å²) < 4.78 is 5.65. The van der Waals surface area contributed by atoms with Crippen LogP contribution in [0.1, 0.15) is 82.3 Å². The number of halogens is 2. The van der Waals surface area contributed by atoms with Gasteiger partial charge in [0, 0.05) is 17.3 Å². The Labute approximate surface area is 206 Å². The molecule has 2 unspecified atom stereocenters. The van der Waals surface area contributed by atoms with E-state index in [1.807, 2.05) is 12.3 Å². The maximum atomic E-state index is 11.3. The van der Waals surface area contributed by atoms with Crippen molar-refractivity contribution in [1.82, 2.24) is 0 Å². The van der Waals surface area contributed by atoms with Gasteiger partial charge in [0.15, 0.2) is 0 Å². The zero-order valence-electron chi connectivity index (χ0n) is 18.7. The van der Waals surface area contributed by atoms with Crippen molar-refractivity contribution in [3.8, 4) is 11.5 Å². The summed E-state index contributed by atoms with van der Waals surface area (Å²) in [6.45, 7) is 2.31. The van der Waals surface area contributed by atoms with Gasteiger partial charge < -0.3 is 9.84 Å². The second-order valence-corrected chi connectivity index (χ2v) is 14.2. The van der Waals surface area contributed by atoms with Crippen molar-refractivity contribution in [2.24, 2.45) is 28.7 Å². The van der Waals surface area contributed by atoms with Crippen LogP contribution in [0.5, 0.6) is 11.5 Å². The van der Waals surface area contributed by atoms with Gasteiger partial charge in [0.2, 0.25) is 0 Å². The Morgan fingerprint density at radius 3 is 2.19 bits per heavy atom. The van der Waals surface area contributed by atoms with Crippen molar-refractivity contribution in [3.63, 3.8) is 0 Å². The molecule has 0 heterocycles. The first kappa shape index (κ1) is 24.1. The van der Waals surface area contributed by atoms with Crippen LogP contribution in [0.25, 0.3) is 0 Å². The van der Waals surface area contributed by atoms with Crippen LogP contribution in [0.2, 0.25) is 0 Å². The van der Waals surface area contributed by atoms with E-state index in [4.69, 9.17) is 26.8 Å². The fourth-order valence-electron chi connectivity index (χ4n) is 7.38. The van der Waals surface area contributed by atoms with Gasteiger partial charge in [-0.3, -0.25) is 4.99 Å². The summed E-state index contributed by atoms with van der Waals surface area (Å²) in [6, 6.07) is 4.49. The van der Waals surface area contributed by atoms with Crippen LogP contribution in [0.4, 0.5) is 0 Å². The molecule has 1 N–H and O–H groups in total. The predicted octanol–water partition coefficient (Wildman–Crippen LogP) is 7.24. The minimum atomic E-state index is -0.826. The molecule has 4 bridgehead atoms. The van der Waals surface area contributed by atoms with Gasteiger partial charge in [-0.05, 0) is 92.6 Å². The van der Waals surface area contributed by atoms with Gasteiger partial charge in [0.1, 0.15) is 11.5 Å². The van der Waals surface area contributed by atoms with Crippen LogP contribution in [0, 0.1) is 23.7 Å². The number of hydrogen-bond donors (Lipinski definition) is 1. The quantitative estimate of drug-likeness (QED) is 0.407. The number of phenols is 1. The number of aliphatic imine (C=N–C) groups is 1. The molecule has 0 aromatic heterocycles. The SMILES string of the molecule is COc1cc(C=NC2CCCCC2C)c(O)c(C23CC4CC(CC(C4)C2)C3)c1.[Cl][Zr][Cl]. The minimum absolute atomic E-state index is 0.161. The number of hydrogen-bond acceptors (Lipinski definition) is 3. The number of methoxy groups -OCH3 is 1. The third kappa shape index (κ3) is 5.22. The third-order valence-electron chi connectivity index (χ3n) is 8.43. The molecule has 5 aliphatic carbocycles. The van der Waals surface area contributed by atoms with Crippen molar-refractivity contribution >= 4 is 23.2 Å². The molecule has 31 heavy (non-hydrogen) atoms. The Kier molecular flexibility index (Phi) is 8.14. The fourth-order valence-corrected chi connectivity index (χ4v) is 7.38. The van der Waals surface area contributed by atoms with Gasteiger partial charge in [0.25, 0.3) is 0 Å². The normalized spacial score (nSPS) is 36.2. The van der Waals surface area contributed by atoms with Gasteiger partial charge in [-0.1, -0.05) is 19.8 Å². The van der Waals surface area contributed by atoms with E-state index < -0.39 is 20.8 Å². The zero-order chi connectivity index (χ0) is 22.0. The van der Waals surface area contributed by atoms with Gasteiger partial charge in [-0.15, -0.1) is 0 Å². The first-order valence-electron chi connectivity index (χ1n) is 11.9. The van der Waals surface area contributed by atoms with E-state index in [0.29, 0.717) is 17.7 Å². The summed E-state index contributed by atoms with van der Waals surface area (Å²) in [4.78, 5) is 4.92. The number of phenolic OH excluding ortho intramolecular Hbond substituents is 1. The van der Waals surface area contributed by atoms with E-state index in [2.05, 4.69) is 13.0 Å². The summed E-state index contributed by atoms with van der Waals surface area (Å²) in [5.74, 6) is 4.54.